The van der Waals surface area contributed by atoms with Crippen LogP contribution in [0.4, 0.5) is 0 Å². The first-order valence-corrected chi connectivity index (χ1v) is 7.90. The van der Waals surface area contributed by atoms with Gasteiger partial charge in [0.2, 0.25) is 5.91 Å². The molecule has 0 saturated carbocycles. The van der Waals surface area contributed by atoms with Crippen LogP contribution in [-0.4, -0.2) is 35.6 Å². The molecule has 2 rings (SSSR count). The Morgan fingerprint density at radius 1 is 1.60 bits per heavy atom. The average molecular weight is 313 g/mol. The number of thiocarbonyl (C=S) groups is 1. The number of hydrogen-bond acceptors (Lipinski definition) is 5. The summed E-state index contributed by atoms with van der Waals surface area (Å²) in [5, 5.41) is 5.97. The van der Waals surface area contributed by atoms with Crippen LogP contribution in [0, 0.1) is 12.3 Å². The predicted molar refractivity (Wildman–Crippen MR) is 82.8 cm³/mol. The van der Waals surface area contributed by atoms with Crippen molar-refractivity contribution >= 4 is 34.5 Å². The van der Waals surface area contributed by atoms with Gasteiger partial charge >= 0.3 is 0 Å². The highest BCUT2D eigenvalue weighted by molar-refractivity contribution is 7.80. The van der Waals surface area contributed by atoms with Crippen molar-refractivity contribution < 1.29 is 9.53 Å². The molecule has 1 aliphatic rings. The molecule has 0 unspecified atom stereocenters. The SMILES string of the molecule is Cc1csc(CCNC(=O)C2(C(N)=S)CCOCC2)n1. The van der Waals surface area contributed by atoms with Crippen LogP contribution >= 0.6 is 23.6 Å². The van der Waals surface area contributed by atoms with E-state index < -0.39 is 5.41 Å². The van der Waals surface area contributed by atoms with Crippen LogP contribution in [0.3, 0.4) is 0 Å². The minimum Gasteiger partial charge on any atom is -0.392 e. The Morgan fingerprint density at radius 2 is 2.30 bits per heavy atom. The third kappa shape index (κ3) is 3.34. The van der Waals surface area contributed by atoms with E-state index in [1.807, 2.05) is 12.3 Å². The molecule has 1 fully saturated rings. The number of nitrogens with two attached hydrogens (primary N) is 1. The zero-order chi connectivity index (χ0) is 14.6. The van der Waals surface area contributed by atoms with Gasteiger partial charge in [-0.2, -0.15) is 0 Å². The fourth-order valence-electron chi connectivity index (χ4n) is 2.27. The number of ether oxygens (including phenoxy) is 1. The zero-order valence-electron chi connectivity index (χ0n) is 11.5. The molecule has 1 saturated heterocycles. The van der Waals surface area contributed by atoms with Crippen molar-refractivity contribution in [1.82, 2.24) is 10.3 Å². The smallest absolute Gasteiger partial charge is 0.233 e. The van der Waals surface area contributed by atoms with Crippen molar-refractivity contribution in [3.8, 4) is 0 Å². The Hall–Kier alpha value is -1.05. The van der Waals surface area contributed by atoms with E-state index in [0.29, 0.717) is 32.6 Å². The quantitative estimate of drug-likeness (QED) is 0.799. The molecule has 1 aromatic heterocycles. The standard InChI is InChI=1S/C13H19N3O2S2/c1-9-8-20-10(16-9)2-5-15-12(17)13(11(14)19)3-6-18-7-4-13/h8H,2-7H2,1H3,(H2,14,19)(H,15,17). The highest BCUT2D eigenvalue weighted by Crippen LogP contribution is 2.31. The molecule has 0 atom stereocenters. The molecule has 1 amide bonds. The molecule has 0 spiro atoms. The number of aryl methyl sites for hydroxylation is 1. The third-order valence-electron chi connectivity index (χ3n) is 3.54. The van der Waals surface area contributed by atoms with Gasteiger partial charge in [0.1, 0.15) is 5.41 Å². The normalized spacial score (nSPS) is 17.6. The molecular formula is C13H19N3O2S2. The molecule has 0 aliphatic carbocycles. The number of carbonyl (C=O) groups is 1. The van der Waals surface area contributed by atoms with Crippen molar-refractivity contribution in [3.63, 3.8) is 0 Å². The number of rotatable bonds is 5. The third-order valence-corrected chi connectivity index (χ3v) is 4.96. The van der Waals surface area contributed by atoms with Crippen molar-refractivity contribution in [3.05, 3.63) is 16.1 Å². The van der Waals surface area contributed by atoms with Crippen molar-refractivity contribution in [2.24, 2.45) is 11.1 Å². The first-order valence-electron chi connectivity index (χ1n) is 6.61. The summed E-state index contributed by atoms with van der Waals surface area (Å²) in [6, 6.07) is 0. The topological polar surface area (TPSA) is 77.2 Å². The summed E-state index contributed by atoms with van der Waals surface area (Å²) in [4.78, 5) is 17.0. The van der Waals surface area contributed by atoms with E-state index in [0.717, 1.165) is 17.1 Å². The van der Waals surface area contributed by atoms with Gasteiger partial charge in [0, 0.05) is 37.3 Å². The van der Waals surface area contributed by atoms with Crippen molar-refractivity contribution in [2.45, 2.75) is 26.2 Å². The summed E-state index contributed by atoms with van der Waals surface area (Å²) < 4.78 is 5.30. The van der Waals surface area contributed by atoms with Crippen LogP contribution in [-0.2, 0) is 16.0 Å². The molecule has 1 aromatic rings. The van der Waals surface area contributed by atoms with Crippen molar-refractivity contribution in [2.75, 3.05) is 19.8 Å². The molecule has 0 aromatic carbocycles. The van der Waals surface area contributed by atoms with Gasteiger partial charge in [0.05, 0.1) is 10.00 Å². The molecule has 5 nitrogen and oxygen atoms in total. The summed E-state index contributed by atoms with van der Waals surface area (Å²) in [6.07, 6.45) is 1.85. The second-order valence-electron chi connectivity index (χ2n) is 4.95. The molecule has 3 N–H and O–H groups in total. The summed E-state index contributed by atoms with van der Waals surface area (Å²) in [5.74, 6) is -0.0819. The van der Waals surface area contributed by atoms with Crippen molar-refractivity contribution in [1.29, 1.82) is 0 Å². The van der Waals surface area contributed by atoms with Gasteiger partial charge in [-0.05, 0) is 19.8 Å². The van der Waals surface area contributed by atoms with Crippen LogP contribution in [0.15, 0.2) is 5.38 Å². The first kappa shape index (κ1) is 15.3. The van der Waals surface area contributed by atoms with Gasteiger partial charge in [-0.15, -0.1) is 11.3 Å². The Balaban J connectivity index is 1.90. The molecule has 1 aliphatic heterocycles. The van der Waals surface area contributed by atoms with Gasteiger partial charge in [-0.1, -0.05) is 12.2 Å². The number of nitrogens with one attached hydrogen (secondary N) is 1. The van der Waals surface area contributed by atoms with E-state index >= 15 is 0 Å². The van der Waals surface area contributed by atoms with E-state index in [1.165, 1.54) is 0 Å². The molecule has 2 heterocycles. The maximum Gasteiger partial charge on any atom is 0.233 e. The van der Waals surface area contributed by atoms with Gasteiger partial charge in [0.25, 0.3) is 0 Å². The second kappa shape index (κ2) is 6.60. The summed E-state index contributed by atoms with van der Waals surface area (Å²) in [7, 11) is 0. The summed E-state index contributed by atoms with van der Waals surface area (Å²) in [6.45, 7) is 3.56. The molecule has 7 heteroatoms. The van der Waals surface area contributed by atoms with Crippen LogP contribution in [0.2, 0.25) is 0 Å². The Bertz CT molecular complexity index is 496. The number of carbonyl (C=O) groups excluding carboxylic acids is 1. The lowest BCUT2D eigenvalue weighted by Crippen LogP contribution is -2.52. The van der Waals surface area contributed by atoms with E-state index in [4.69, 9.17) is 22.7 Å². The molecule has 110 valence electrons. The van der Waals surface area contributed by atoms with E-state index in [-0.39, 0.29) is 10.9 Å². The number of aromatic nitrogens is 1. The minimum absolute atomic E-state index is 0.0819. The Labute approximate surface area is 127 Å². The molecular weight excluding hydrogens is 294 g/mol. The second-order valence-corrected chi connectivity index (χ2v) is 6.33. The Morgan fingerprint density at radius 3 is 2.85 bits per heavy atom. The number of nitrogens with zero attached hydrogens (tertiary/aromatic N) is 1. The lowest BCUT2D eigenvalue weighted by molar-refractivity contribution is -0.131. The van der Waals surface area contributed by atoms with E-state index in [1.54, 1.807) is 11.3 Å². The van der Waals surface area contributed by atoms with Gasteiger partial charge in [0.15, 0.2) is 0 Å². The zero-order valence-corrected chi connectivity index (χ0v) is 13.1. The van der Waals surface area contributed by atoms with Crippen LogP contribution in [0.25, 0.3) is 0 Å². The van der Waals surface area contributed by atoms with Crippen LogP contribution in [0.5, 0.6) is 0 Å². The summed E-state index contributed by atoms with van der Waals surface area (Å²) >= 11 is 6.71. The monoisotopic (exact) mass is 313 g/mol. The maximum absolute atomic E-state index is 12.4. The number of thiazole rings is 1. The van der Waals surface area contributed by atoms with Crippen LogP contribution < -0.4 is 11.1 Å². The number of amides is 1. The van der Waals surface area contributed by atoms with Gasteiger partial charge < -0.3 is 15.8 Å². The predicted octanol–water partition coefficient (Wildman–Crippen LogP) is 1.19. The number of hydrogen-bond donors (Lipinski definition) is 2. The average Bonchev–Trinajstić information content (AvgIpc) is 2.85. The molecule has 0 radical (unpaired) electrons. The fourth-order valence-corrected chi connectivity index (χ4v) is 3.35. The van der Waals surface area contributed by atoms with Gasteiger partial charge in [-0.25, -0.2) is 4.98 Å². The van der Waals surface area contributed by atoms with E-state index in [9.17, 15) is 4.79 Å². The maximum atomic E-state index is 12.4. The highest BCUT2D eigenvalue weighted by atomic mass is 32.1. The largest absolute Gasteiger partial charge is 0.392 e. The van der Waals surface area contributed by atoms with Crippen LogP contribution in [0.1, 0.15) is 23.5 Å². The Kier molecular flexibility index (Phi) is 5.06. The fraction of sp³-hybridized carbons (Fsp3) is 0.615. The minimum atomic E-state index is -0.744. The summed E-state index contributed by atoms with van der Waals surface area (Å²) in [5.41, 5.74) is 6.06. The highest BCUT2D eigenvalue weighted by Gasteiger charge is 2.42. The first-order chi connectivity index (χ1) is 9.54. The lowest BCUT2D eigenvalue weighted by atomic mass is 9.79. The van der Waals surface area contributed by atoms with E-state index in [2.05, 4.69) is 10.3 Å². The molecule has 20 heavy (non-hydrogen) atoms. The molecule has 0 bridgehead atoms. The van der Waals surface area contributed by atoms with Gasteiger partial charge in [-0.3, -0.25) is 4.79 Å². The lowest BCUT2D eigenvalue weighted by Gasteiger charge is -2.34.